The fourth-order valence-electron chi connectivity index (χ4n) is 2.70. The fourth-order valence-corrected chi connectivity index (χ4v) is 2.70. The van der Waals surface area contributed by atoms with Crippen molar-refractivity contribution in [1.82, 2.24) is 4.98 Å². The molecule has 0 unspecified atom stereocenters. The molecule has 1 aromatic heterocycles. The minimum Gasteiger partial charge on any atom is -0.496 e. The molecule has 0 saturated carbocycles. The SMILES string of the molecule is COC(=O)c1c(C)[nH]c(C(=O)[C@H](C)OC(=O)c2ccccc2OC)c1C. The van der Waals surface area contributed by atoms with Gasteiger partial charge in [0.2, 0.25) is 5.78 Å². The Bertz CT molecular complexity index is 852. The first kappa shape index (κ1) is 19.2. The number of nitrogens with one attached hydrogen (secondary N) is 1. The second kappa shape index (κ2) is 7.86. The molecule has 7 nitrogen and oxygen atoms in total. The van der Waals surface area contributed by atoms with Crippen LogP contribution in [0.3, 0.4) is 0 Å². The van der Waals surface area contributed by atoms with E-state index in [4.69, 9.17) is 14.2 Å². The first-order chi connectivity index (χ1) is 12.3. The van der Waals surface area contributed by atoms with Crippen molar-refractivity contribution in [1.29, 1.82) is 0 Å². The minimum absolute atomic E-state index is 0.211. The summed E-state index contributed by atoms with van der Waals surface area (Å²) in [5.74, 6) is -1.28. The van der Waals surface area contributed by atoms with Gasteiger partial charge in [0.25, 0.3) is 0 Å². The van der Waals surface area contributed by atoms with Crippen LogP contribution in [0.15, 0.2) is 24.3 Å². The number of ether oxygens (including phenoxy) is 3. The fraction of sp³-hybridized carbons (Fsp3) is 0.316. The molecule has 0 aliphatic carbocycles. The van der Waals surface area contributed by atoms with E-state index in [2.05, 4.69) is 4.98 Å². The van der Waals surface area contributed by atoms with E-state index in [0.717, 1.165) is 0 Å². The van der Waals surface area contributed by atoms with Gasteiger partial charge in [-0.1, -0.05) is 12.1 Å². The van der Waals surface area contributed by atoms with Gasteiger partial charge < -0.3 is 19.2 Å². The van der Waals surface area contributed by atoms with Gasteiger partial charge >= 0.3 is 11.9 Å². The molecule has 138 valence electrons. The second-order valence-electron chi connectivity index (χ2n) is 5.73. The Morgan fingerprint density at radius 3 is 2.31 bits per heavy atom. The summed E-state index contributed by atoms with van der Waals surface area (Å²) in [6.07, 6.45) is -1.05. The number of H-pyrrole nitrogens is 1. The summed E-state index contributed by atoms with van der Waals surface area (Å²) < 4.78 is 15.1. The smallest absolute Gasteiger partial charge is 0.342 e. The maximum atomic E-state index is 12.7. The Morgan fingerprint density at radius 1 is 1.04 bits per heavy atom. The number of hydrogen-bond acceptors (Lipinski definition) is 6. The summed E-state index contributed by atoms with van der Waals surface area (Å²) in [6, 6.07) is 6.58. The summed E-state index contributed by atoms with van der Waals surface area (Å²) in [7, 11) is 2.72. The highest BCUT2D eigenvalue weighted by molar-refractivity contribution is 6.04. The van der Waals surface area contributed by atoms with Crippen LogP contribution in [-0.2, 0) is 9.47 Å². The van der Waals surface area contributed by atoms with Crippen LogP contribution in [0.25, 0.3) is 0 Å². The monoisotopic (exact) mass is 359 g/mol. The van der Waals surface area contributed by atoms with Gasteiger partial charge in [-0.3, -0.25) is 4.79 Å². The van der Waals surface area contributed by atoms with Gasteiger partial charge in [-0.15, -0.1) is 0 Å². The molecule has 2 rings (SSSR count). The van der Waals surface area contributed by atoms with E-state index in [1.807, 2.05) is 0 Å². The van der Waals surface area contributed by atoms with Gasteiger partial charge in [0.05, 0.1) is 25.5 Å². The number of para-hydroxylation sites is 1. The van der Waals surface area contributed by atoms with Crippen molar-refractivity contribution in [3.05, 3.63) is 52.3 Å². The van der Waals surface area contributed by atoms with Gasteiger partial charge in [-0.2, -0.15) is 0 Å². The Balaban J connectivity index is 2.23. The van der Waals surface area contributed by atoms with E-state index in [1.165, 1.54) is 21.1 Å². The average Bonchev–Trinajstić information content (AvgIpc) is 2.94. The summed E-state index contributed by atoms with van der Waals surface area (Å²) in [6.45, 7) is 4.78. The molecular formula is C19H21NO6. The van der Waals surface area contributed by atoms with Gasteiger partial charge in [0, 0.05) is 5.69 Å². The highest BCUT2D eigenvalue weighted by Crippen LogP contribution is 2.22. The van der Waals surface area contributed by atoms with Crippen LogP contribution in [0.2, 0.25) is 0 Å². The lowest BCUT2D eigenvalue weighted by Crippen LogP contribution is -2.25. The van der Waals surface area contributed by atoms with E-state index < -0.39 is 23.8 Å². The Kier molecular flexibility index (Phi) is 5.82. The normalized spacial score (nSPS) is 11.6. The average molecular weight is 359 g/mol. The molecule has 26 heavy (non-hydrogen) atoms. The van der Waals surface area contributed by atoms with Crippen molar-refractivity contribution in [2.75, 3.05) is 14.2 Å². The third kappa shape index (κ3) is 3.61. The number of hydrogen-bond donors (Lipinski definition) is 1. The molecule has 7 heteroatoms. The third-order valence-corrected chi connectivity index (χ3v) is 4.05. The topological polar surface area (TPSA) is 94.7 Å². The molecule has 0 saturated heterocycles. The number of rotatable bonds is 6. The summed E-state index contributed by atoms with van der Waals surface area (Å²) in [4.78, 5) is 39.7. The summed E-state index contributed by atoms with van der Waals surface area (Å²) in [5.41, 5.74) is 1.71. The molecule has 1 atom stereocenters. The zero-order chi connectivity index (χ0) is 19.4. The number of carbonyl (C=O) groups excluding carboxylic acids is 3. The highest BCUT2D eigenvalue weighted by Gasteiger charge is 2.28. The zero-order valence-corrected chi connectivity index (χ0v) is 15.3. The maximum Gasteiger partial charge on any atom is 0.342 e. The zero-order valence-electron chi connectivity index (χ0n) is 15.3. The quantitative estimate of drug-likeness (QED) is 0.629. The van der Waals surface area contributed by atoms with Crippen LogP contribution in [0.5, 0.6) is 5.75 Å². The van der Waals surface area contributed by atoms with Gasteiger partial charge in [-0.05, 0) is 38.5 Å². The molecule has 2 aromatic rings. The largest absolute Gasteiger partial charge is 0.496 e. The number of aryl methyl sites for hydroxylation is 1. The molecule has 0 fully saturated rings. The highest BCUT2D eigenvalue weighted by atomic mass is 16.5. The molecule has 0 bridgehead atoms. The number of esters is 2. The van der Waals surface area contributed by atoms with E-state index in [-0.39, 0.29) is 11.3 Å². The number of Topliss-reactive ketones (excluding diaryl/α,β-unsaturated/α-hetero) is 1. The standard InChI is InChI=1S/C19H21NO6/c1-10-15(19(23)25-5)11(2)20-16(10)17(21)12(3)26-18(22)13-8-6-7-9-14(13)24-4/h6-9,12,20H,1-5H3/t12-/m0/s1. The lowest BCUT2D eigenvalue weighted by atomic mass is 10.1. The number of benzene rings is 1. The molecule has 1 heterocycles. The molecule has 0 aliphatic rings. The van der Waals surface area contributed by atoms with E-state index in [1.54, 1.807) is 38.1 Å². The summed E-state index contributed by atoms with van der Waals surface area (Å²) in [5, 5.41) is 0. The predicted molar refractivity (Wildman–Crippen MR) is 93.8 cm³/mol. The number of carbonyl (C=O) groups is 3. The van der Waals surface area contributed by atoms with Crippen molar-refractivity contribution in [3.63, 3.8) is 0 Å². The lowest BCUT2D eigenvalue weighted by Gasteiger charge is -2.13. The summed E-state index contributed by atoms with van der Waals surface area (Å²) >= 11 is 0. The number of aromatic nitrogens is 1. The third-order valence-electron chi connectivity index (χ3n) is 4.05. The van der Waals surface area contributed by atoms with Crippen LogP contribution in [0.4, 0.5) is 0 Å². The molecule has 0 amide bonds. The number of methoxy groups -OCH3 is 2. The molecule has 1 aromatic carbocycles. The Morgan fingerprint density at radius 2 is 1.69 bits per heavy atom. The van der Waals surface area contributed by atoms with Crippen molar-refractivity contribution in [2.24, 2.45) is 0 Å². The molecule has 0 aliphatic heterocycles. The van der Waals surface area contributed by atoms with Crippen LogP contribution in [0.1, 0.15) is 49.4 Å². The minimum atomic E-state index is -1.05. The second-order valence-corrected chi connectivity index (χ2v) is 5.73. The van der Waals surface area contributed by atoms with E-state index in [0.29, 0.717) is 22.6 Å². The molecule has 0 radical (unpaired) electrons. The molecule has 1 N–H and O–H groups in total. The van der Waals surface area contributed by atoms with Crippen LogP contribution >= 0.6 is 0 Å². The van der Waals surface area contributed by atoms with Crippen LogP contribution in [0, 0.1) is 13.8 Å². The van der Waals surface area contributed by atoms with E-state index in [9.17, 15) is 14.4 Å². The van der Waals surface area contributed by atoms with Gasteiger partial charge in [-0.25, -0.2) is 9.59 Å². The molecule has 0 spiro atoms. The van der Waals surface area contributed by atoms with Gasteiger partial charge in [0.15, 0.2) is 6.10 Å². The van der Waals surface area contributed by atoms with Crippen molar-refractivity contribution >= 4 is 17.7 Å². The van der Waals surface area contributed by atoms with Crippen molar-refractivity contribution in [3.8, 4) is 5.75 Å². The number of ketones is 1. The molecular weight excluding hydrogens is 338 g/mol. The van der Waals surface area contributed by atoms with E-state index >= 15 is 0 Å². The van der Waals surface area contributed by atoms with Crippen molar-refractivity contribution < 1.29 is 28.6 Å². The maximum absolute atomic E-state index is 12.7. The predicted octanol–water partition coefficient (Wildman–Crippen LogP) is 2.85. The first-order valence-electron chi connectivity index (χ1n) is 7.97. The van der Waals surface area contributed by atoms with Gasteiger partial charge in [0.1, 0.15) is 11.3 Å². The first-order valence-corrected chi connectivity index (χ1v) is 7.97. The van der Waals surface area contributed by atoms with Crippen LogP contribution < -0.4 is 4.74 Å². The Labute approximate surface area is 151 Å². The lowest BCUT2D eigenvalue weighted by molar-refractivity contribution is 0.0314. The Hall–Kier alpha value is -3.09. The van der Waals surface area contributed by atoms with Crippen molar-refractivity contribution in [2.45, 2.75) is 26.9 Å². The van der Waals surface area contributed by atoms with Crippen LogP contribution in [-0.4, -0.2) is 43.0 Å². The number of aromatic amines is 1.